The van der Waals surface area contributed by atoms with Crippen LogP contribution in [-0.2, 0) is 35.0 Å². The van der Waals surface area contributed by atoms with Gasteiger partial charge in [-0.1, -0.05) is 53.5 Å². The molecule has 0 bridgehead atoms. The van der Waals surface area contributed by atoms with E-state index in [1.165, 1.54) is 12.1 Å². The third-order valence-electron chi connectivity index (χ3n) is 6.40. The summed E-state index contributed by atoms with van der Waals surface area (Å²) >= 11 is 0. The van der Waals surface area contributed by atoms with Gasteiger partial charge < -0.3 is 29.4 Å². The molecule has 0 saturated carbocycles. The molecule has 1 rings (SSSR count). The fraction of sp³-hybridized carbons (Fsp3) is 0.667. The van der Waals surface area contributed by atoms with Crippen molar-refractivity contribution in [3.05, 3.63) is 23.8 Å². The van der Waals surface area contributed by atoms with E-state index in [0.29, 0.717) is 24.8 Å². The molecule has 0 saturated heterocycles. The first-order valence-electron chi connectivity index (χ1n) is 14.1. The minimum absolute atomic E-state index is 0.0642. The summed E-state index contributed by atoms with van der Waals surface area (Å²) in [7, 11) is 0. The lowest BCUT2D eigenvalue weighted by molar-refractivity contribution is -0.152. The zero-order valence-electron chi connectivity index (χ0n) is 25.2. The highest BCUT2D eigenvalue weighted by molar-refractivity contribution is 5.79. The van der Waals surface area contributed by atoms with E-state index in [0.717, 1.165) is 12.8 Å². The number of hydrogen-bond acceptors (Lipinski definition) is 10. The zero-order valence-corrected chi connectivity index (χ0v) is 25.2. The van der Waals surface area contributed by atoms with Crippen molar-refractivity contribution in [2.24, 2.45) is 17.6 Å². The maximum absolute atomic E-state index is 12.6. The molecule has 0 aliphatic heterocycles. The van der Waals surface area contributed by atoms with Crippen LogP contribution in [0.15, 0.2) is 18.2 Å². The number of carbonyl (C=O) groups is 4. The highest BCUT2D eigenvalue weighted by atomic mass is 16.7. The van der Waals surface area contributed by atoms with E-state index in [1.807, 2.05) is 20.8 Å². The van der Waals surface area contributed by atoms with Crippen LogP contribution in [0, 0.1) is 11.8 Å². The second-order valence-corrected chi connectivity index (χ2v) is 10.8. The van der Waals surface area contributed by atoms with Gasteiger partial charge in [0.05, 0.1) is 11.8 Å². The summed E-state index contributed by atoms with van der Waals surface area (Å²) in [6.45, 7) is 14.3. The summed E-state index contributed by atoms with van der Waals surface area (Å²) in [5.74, 6) is -2.03. The topological polar surface area (TPSA) is 140 Å². The van der Waals surface area contributed by atoms with Gasteiger partial charge in [-0.3, -0.25) is 14.4 Å². The summed E-state index contributed by atoms with van der Waals surface area (Å²) in [6, 6.07) is 3.66. The predicted octanol–water partition coefficient (Wildman–Crippen LogP) is 5.51. The average Bonchev–Trinajstić information content (AvgIpc) is 2.88. The maximum Gasteiger partial charge on any atom is 0.508 e. The lowest BCUT2D eigenvalue weighted by Crippen LogP contribution is -2.37. The molecular formula is C30H47NO9. The monoisotopic (exact) mass is 565 g/mol. The fourth-order valence-electron chi connectivity index (χ4n) is 3.53. The summed E-state index contributed by atoms with van der Waals surface area (Å²) in [4.78, 5) is 49.6. The molecule has 0 aliphatic carbocycles. The van der Waals surface area contributed by atoms with Crippen molar-refractivity contribution in [2.75, 3.05) is 6.61 Å². The van der Waals surface area contributed by atoms with Crippen LogP contribution < -0.4 is 15.2 Å². The molecule has 1 aromatic carbocycles. The van der Waals surface area contributed by atoms with Gasteiger partial charge >= 0.3 is 24.1 Å². The molecule has 10 heteroatoms. The smallest absolute Gasteiger partial charge is 0.458 e. The third kappa shape index (κ3) is 12.4. The Balaban J connectivity index is 2.91. The Morgan fingerprint density at radius 1 is 0.850 bits per heavy atom. The lowest BCUT2D eigenvalue weighted by atomic mass is 10.0. The summed E-state index contributed by atoms with van der Waals surface area (Å²) in [5, 5.41) is 0. The van der Waals surface area contributed by atoms with E-state index < -0.39 is 41.8 Å². The van der Waals surface area contributed by atoms with E-state index in [-0.39, 0.29) is 36.4 Å². The molecule has 0 radical (unpaired) electrons. The van der Waals surface area contributed by atoms with Crippen molar-refractivity contribution in [2.45, 2.75) is 112 Å². The molecule has 2 N–H and O–H groups in total. The van der Waals surface area contributed by atoms with E-state index in [9.17, 15) is 19.2 Å². The standard InChI is InChI=1S/C30H47NO9/c1-9-12-19(4)26(32)38-24-15-14-22(17-25(24)39-27(33)20(5)13-10-2)16-23(31)28(34)37-21(6)18-36-29(35)40-30(7,8)11-3/h14-15,17,19-21,23H,9-13,16,18,31H2,1-8H3/t19?,20?,21-,23-/m0/s1. The fourth-order valence-corrected chi connectivity index (χ4v) is 3.53. The number of benzene rings is 1. The van der Waals surface area contributed by atoms with E-state index >= 15 is 0 Å². The van der Waals surface area contributed by atoms with Gasteiger partial charge in [0, 0.05) is 0 Å². The quantitative estimate of drug-likeness (QED) is 0.201. The number of rotatable bonds is 16. The Morgan fingerprint density at radius 3 is 1.93 bits per heavy atom. The number of nitrogens with two attached hydrogens (primary N) is 1. The van der Waals surface area contributed by atoms with Crippen molar-refractivity contribution in [1.29, 1.82) is 0 Å². The molecule has 0 fully saturated rings. The Morgan fingerprint density at radius 2 is 1.40 bits per heavy atom. The molecule has 226 valence electrons. The van der Waals surface area contributed by atoms with Crippen LogP contribution in [0.25, 0.3) is 0 Å². The average molecular weight is 566 g/mol. The lowest BCUT2D eigenvalue weighted by Gasteiger charge is -2.23. The van der Waals surface area contributed by atoms with Crippen molar-refractivity contribution < 1.29 is 42.9 Å². The molecule has 0 amide bonds. The molecule has 4 atom stereocenters. The molecule has 0 aliphatic rings. The van der Waals surface area contributed by atoms with Gasteiger partial charge in [-0.2, -0.15) is 0 Å². The number of hydrogen-bond donors (Lipinski definition) is 1. The Bertz CT molecular complexity index is 991. The van der Waals surface area contributed by atoms with Gasteiger partial charge in [-0.05, 0) is 64.2 Å². The first kappa shape index (κ1) is 34.9. The maximum atomic E-state index is 12.6. The van der Waals surface area contributed by atoms with Crippen LogP contribution in [0.5, 0.6) is 11.5 Å². The molecular weight excluding hydrogens is 518 g/mol. The van der Waals surface area contributed by atoms with Crippen LogP contribution in [0.1, 0.15) is 93.1 Å². The van der Waals surface area contributed by atoms with Crippen LogP contribution in [-0.4, -0.2) is 48.4 Å². The Kier molecular flexibility index (Phi) is 14.7. The largest absolute Gasteiger partial charge is 0.508 e. The van der Waals surface area contributed by atoms with Gasteiger partial charge in [0.25, 0.3) is 0 Å². The second-order valence-electron chi connectivity index (χ2n) is 10.8. The summed E-state index contributed by atoms with van der Waals surface area (Å²) < 4.78 is 26.7. The van der Waals surface area contributed by atoms with E-state index in [4.69, 9.17) is 29.4 Å². The number of carbonyl (C=O) groups excluding carboxylic acids is 4. The Hall–Kier alpha value is -3.14. The molecule has 2 unspecified atom stereocenters. The SMILES string of the molecule is CCCC(C)C(=O)Oc1ccc(C[C@H](N)C(=O)O[C@@H](C)COC(=O)OC(C)(C)CC)cc1OC(=O)C(C)CCC. The second kappa shape index (κ2) is 16.8. The zero-order chi connectivity index (χ0) is 30.5. The normalized spacial score (nSPS) is 14.3. The van der Waals surface area contributed by atoms with E-state index in [1.54, 1.807) is 40.7 Å². The summed E-state index contributed by atoms with van der Waals surface area (Å²) in [5.41, 5.74) is 6.00. The summed E-state index contributed by atoms with van der Waals surface area (Å²) in [6.07, 6.45) is 2.02. The van der Waals surface area contributed by atoms with Gasteiger partial charge in [-0.15, -0.1) is 0 Å². The molecule has 0 aromatic heterocycles. The van der Waals surface area contributed by atoms with Gasteiger partial charge in [-0.25, -0.2) is 4.79 Å². The number of ether oxygens (including phenoxy) is 5. The van der Waals surface area contributed by atoms with Crippen molar-refractivity contribution >= 4 is 24.1 Å². The van der Waals surface area contributed by atoms with Gasteiger partial charge in [0.15, 0.2) is 11.5 Å². The van der Waals surface area contributed by atoms with Crippen molar-refractivity contribution in [3.8, 4) is 11.5 Å². The molecule has 1 aromatic rings. The molecule has 0 spiro atoms. The first-order valence-corrected chi connectivity index (χ1v) is 14.1. The predicted molar refractivity (Wildman–Crippen MR) is 150 cm³/mol. The third-order valence-corrected chi connectivity index (χ3v) is 6.40. The highest BCUT2D eigenvalue weighted by Crippen LogP contribution is 2.31. The first-order chi connectivity index (χ1) is 18.7. The highest BCUT2D eigenvalue weighted by Gasteiger charge is 2.25. The van der Waals surface area contributed by atoms with Crippen molar-refractivity contribution in [1.82, 2.24) is 0 Å². The minimum atomic E-state index is -1.05. The van der Waals surface area contributed by atoms with Crippen LogP contribution >= 0.6 is 0 Å². The number of esters is 3. The van der Waals surface area contributed by atoms with Crippen LogP contribution in [0.2, 0.25) is 0 Å². The van der Waals surface area contributed by atoms with Gasteiger partial charge in [0.1, 0.15) is 24.4 Å². The molecule has 0 heterocycles. The minimum Gasteiger partial charge on any atom is -0.458 e. The van der Waals surface area contributed by atoms with E-state index in [2.05, 4.69) is 0 Å². The molecule has 10 nitrogen and oxygen atoms in total. The van der Waals surface area contributed by atoms with Gasteiger partial charge in [0.2, 0.25) is 0 Å². The van der Waals surface area contributed by atoms with Crippen molar-refractivity contribution in [3.63, 3.8) is 0 Å². The Labute approximate surface area is 238 Å². The molecule has 40 heavy (non-hydrogen) atoms. The van der Waals surface area contributed by atoms with Crippen LogP contribution in [0.3, 0.4) is 0 Å². The van der Waals surface area contributed by atoms with Crippen LogP contribution in [0.4, 0.5) is 4.79 Å².